The molecular weight excluding hydrogens is 266 g/mol. The van der Waals surface area contributed by atoms with Crippen LogP contribution in [0.2, 0.25) is 0 Å². The highest BCUT2D eigenvalue weighted by atomic mass is 16.2. The van der Waals surface area contributed by atoms with Gasteiger partial charge in [0, 0.05) is 6.54 Å². The van der Waals surface area contributed by atoms with Gasteiger partial charge in [-0.1, -0.05) is 26.0 Å². The summed E-state index contributed by atoms with van der Waals surface area (Å²) < 4.78 is 1.68. The van der Waals surface area contributed by atoms with Crippen molar-refractivity contribution in [3.63, 3.8) is 0 Å². The predicted molar refractivity (Wildman–Crippen MR) is 80.6 cm³/mol. The van der Waals surface area contributed by atoms with Gasteiger partial charge in [0.15, 0.2) is 0 Å². The summed E-state index contributed by atoms with van der Waals surface area (Å²) in [6.07, 6.45) is 3.82. The lowest BCUT2D eigenvalue weighted by Crippen LogP contribution is -2.41. The molecule has 21 heavy (non-hydrogen) atoms. The van der Waals surface area contributed by atoms with E-state index in [-0.39, 0.29) is 5.91 Å². The van der Waals surface area contributed by atoms with E-state index in [4.69, 9.17) is 5.73 Å². The van der Waals surface area contributed by atoms with Gasteiger partial charge in [-0.3, -0.25) is 4.79 Å². The van der Waals surface area contributed by atoms with Gasteiger partial charge in [-0.05, 0) is 30.0 Å². The number of hydrogen-bond acceptors (Lipinski definition) is 4. The smallest absolute Gasteiger partial charge is 0.237 e. The molecule has 0 unspecified atom stereocenters. The van der Waals surface area contributed by atoms with Crippen LogP contribution in [0, 0.1) is 5.92 Å². The average molecular weight is 287 g/mol. The first-order valence-electron chi connectivity index (χ1n) is 7.03. The third-order valence-corrected chi connectivity index (χ3v) is 3.15. The van der Waals surface area contributed by atoms with E-state index in [2.05, 4.69) is 29.2 Å². The molecule has 0 aliphatic carbocycles. The van der Waals surface area contributed by atoms with Gasteiger partial charge in [-0.15, -0.1) is 0 Å². The van der Waals surface area contributed by atoms with Crippen LogP contribution in [-0.2, 0) is 11.3 Å². The summed E-state index contributed by atoms with van der Waals surface area (Å²) in [6, 6.07) is 7.32. The zero-order chi connectivity index (χ0) is 15.2. The first kappa shape index (κ1) is 15.2. The lowest BCUT2D eigenvalue weighted by atomic mass is 10.0. The van der Waals surface area contributed by atoms with Crippen LogP contribution >= 0.6 is 0 Å². The van der Waals surface area contributed by atoms with Gasteiger partial charge < -0.3 is 11.1 Å². The number of nitrogens with one attached hydrogen (secondary N) is 1. The van der Waals surface area contributed by atoms with Crippen molar-refractivity contribution in [2.24, 2.45) is 11.7 Å². The van der Waals surface area contributed by atoms with E-state index < -0.39 is 6.04 Å². The first-order chi connectivity index (χ1) is 10.1. The molecule has 1 atom stereocenters. The number of carbonyl (C=O) groups is 1. The molecular formula is C15H21N5O. The van der Waals surface area contributed by atoms with Crippen molar-refractivity contribution in [1.82, 2.24) is 20.1 Å². The molecule has 6 nitrogen and oxygen atoms in total. The Bertz CT molecular complexity index is 562. The standard InChI is InChI=1S/C15H21N5O/c1-11(2)7-14(16)15(21)18-8-12-3-5-13(6-4-12)20-10-17-9-19-20/h3-6,9-11,14H,7-8,16H2,1-2H3,(H,18,21)/t14-/m0/s1. The molecule has 0 fully saturated rings. The zero-order valence-electron chi connectivity index (χ0n) is 12.4. The second-order valence-corrected chi connectivity index (χ2v) is 5.46. The van der Waals surface area contributed by atoms with E-state index >= 15 is 0 Å². The number of rotatable bonds is 6. The Hall–Kier alpha value is -2.21. The van der Waals surface area contributed by atoms with E-state index in [0.717, 1.165) is 11.3 Å². The Morgan fingerprint density at radius 3 is 2.62 bits per heavy atom. The Balaban J connectivity index is 1.88. The van der Waals surface area contributed by atoms with Crippen LogP contribution in [0.4, 0.5) is 0 Å². The van der Waals surface area contributed by atoms with Gasteiger partial charge in [0.1, 0.15) is 12.7 Å². The highest BCUT2D eigenvalue weighted by Gasteiger charge is 2.14. The summed E-state index contributed by atoms with van der Waals surface area (Å²) in [5.74, 6) is 0.303. The Kier molecular flexibility index (Phi) is 5.05. The van der Waals surface area contributed by atoms with Crippen molar-refractivity contribution in [1.29, 1.82) is 0 Å². The Labute approximate surface area is 124 Å². The fraction of sp³-hybridized carbons (Fsp3) is 0.400. The summed E-state index contributed by atoms with van der Waals surface area (Å²) in [4.78, 5) is 15.8. The quantitative estimate of drug-likeness (QED) is 0.837. The van der Waals surface area contributed by atoms with Crippen LogP contribution in [0.1, 0.15) is 25.8 Å². The minimum Gasteiger partial charge on any atom is -0.351 e. The predicted octanol–water partition coefficient (Wildman–Crippen LogP) is 1.26. The largest absolute Gasteiger partial charge is 0.351 e. The van der Waals surface area contributed by atoms with Gasteiger partial charge in [0.2, 0.25) is 5.91 Å². The molecule has 1 amide bonds. The molecule has 0 aliphatic rings. The third kappa shape index (κ3) is 4.39. The molecule has 0 bridgehead atoms. The maximum atomic E-state index is 11.8. The van der Waals surface area contributed by atoms with Crippen molar-refractivity contribution >= 4 is 5.91 Å². The van der Waals surface area contributed by atoms with Crippen molar-refractivity contribution in [3.8, 4) is 5.69 Å². The number of aromatic nitrogens is 3. The van der Waals surface area contributed by atoms with Crippen LogP contribution < -0.4 is 11.1 Å². The second kappa shape index (κ2) is 6.99. The minimum atomic E-state index is -0.445. The summed E-state index contributed by atoms with van der Waals surface area (Å²) >= 11 is 0. The van der Waals surface area contributed by atoms with E-state index in [9.17, 15) is 4.79 Å². The molecule has 3 N–H and O–H groups in total. The van der Waals surface area contributed by atoms with Crippen molar-refractivity contribution in [2.75, 3.05) is 0 Å². The number of nitrogens with zero attached hydrogens (tertiary/aromatic N) is 3. The normalized spacial score (nSPS) is 12.4. The molecule has 1 aromatic carbocycles. The second-order valence-electron chi connectivity index (χ2n) is 5.46. The molecule has 0 saturated carbocycles. The lowest BCUT2D eigenvalue weighted by Gasteiger charge is -2.14. The molecule has 6 heteroatoms. The SMILES string of the molecule is CC(C)C[C@H](N)C(=O)NCc1ccc(-n2cncn2)cc1. The molecule has 1 aromatic heterocycles. The van der Waals surface area contributed by atoms with Gasteiger partial charge >= 0.3 is 0 Å². The summed E-state index contributed by atoms with van der Waals surface area (Å²) in [6.45, 7) is 4.58. The van der Waals surface area contributed by atoms with Crippen LogP contribution in [-0.4, -0.2) is 26.7 Å². The van der Waals surface area contributed by atoms with Crippen LogP contribution in [0.25, 0.3) is 5.69 Å². The highest BCUT2D eigenvalue weighted by Crippen LogP contribution is 2.08. The molecule has 0 radical (unpaired) electrons. The maximum absolute atomic E-state index is 11.8. The van der Waals surface area contributed by atoms with Crippen molar-refractivity contribution in [3.05, 3.63) is 42.5 Å². The number of nitrogens with two attached hydrogens (primary N) is 1. The monoisotopic (exact) mass is 287 g/mol. The maximum Gasteiger partial charge on any atom is 0.237 e. The molecule has 0 saturated heterocycles. The van der Waals surface area contributed by atoms with Gasteiger partial charge in [-0.25, -0.2) is 9.67 Å². The molecule has 1 heterocycles. The molecule has 0 spiro atoms. The number of benzene rings is 1. The van der Waals surface area contributed by atoms with Crippen LogP contribution in [0.3, 0.4) is 0 Å². The van der Waals surface area contributed by atoms with Crippen LogP contribution in [0.15, 0.2) is 36.9 Å². The summed E-state index contributed by atoms with van der Waals surface area (Å²) in [7, 11) is 0. The van der Waals surface area contributed by atoms with Gasteiger partial charge in [-0.2, -0.15) is 5.10 Å². The fourth-order valence-electron chi connectivity index (χ4n) is 2.04. The molecule has 0 aliphatic heterocycles. The van der Waals surface area contributed by atoms with E-state index in [0.29, 0.717) is 18.9 Å². The Morgan fingerprint density at radius 2 is 2.05 bits per heavy atom. The third-order valence-electron chi connectivity index (χ3n) is 3.15. The van der Waals surface area contributed by atoms with Crippen LogP contribution in [0.5, 0.6) is 0 Å². The van der Waals surface area contributed by atoms with Gasteiger partial charge in [0.25, 0.3) is 0 Å². The molecule has 112 valence electrons. The average Bonchev–Trinajstić information content (AvgIpc) is 2.98. The Morgan fingerprint density at radius 1 is 1.33 bits per heavy atom. The zero-order valence-corrected chi connectivity index (χ0v) is 12.4. The minimum absolute atomic E-state index is 0.107. The fourth-order valence-corrected chi connectivity index (χ4v) is 2.04. The lowest BCUT2D eigenvalue weighted by molar-refractivity contribution is -0.122. The number of carbonyl (C=O) groups excluding carboxylic acids is 1. The highest BCUT2D eigenvalue weighted by molar-refractivity contribution is 5.81. The number of amides is 1. The van der Waals surface area contributed by atoms with Crippen molar-refractivity contribution in [2.45, 2.75) is 32.9 Å². The summed E-state index contributed by atoms with van der Waals surface area (Å²) in [5.41, 5.74) is 7.79. The van der Waals surface area contributed by atoms with E-state index in [1.165, 1.54) is 6.33 Å². The van der Waals surface area contributed by atoms with E-state index in [1.807, 2.05) is 24.3 Å². The van der Waals surface area contributed by atoms with Gasteiger partial charge in [0.05, 0.1) is 11.7 Å². The summed E-state index contributed by atoms with van der Waals surface area (Å²) in [5, 5.41) is 6.92. The van der Waals surface area contributed by atoms with Crippen molar-refractivity contribution < 1.29 is 4.79 Å². The first-order valence-corrected chi connectivity index (χ1v) is 7.03. The molecule has 2 aromatic rings. The number of hydrogen-bond donors (Lipinski definition) is 2. The molecule has 2 rings (SSSR count). The topological polar surface area (TPSA) is 85.8 Å². The van der Waals surface area contributed by atoms with E-state index in [1.54, 1.807) is 11.0 Å².